The maximum atomic E-state index is 11.9. The zero-order valence-corrected chi connectivity index (χ0v) is 10.6. The van der Waals surface area contributed by atoms with Crippen LogP contribution in [0.4, 0.5) is 0 Å². The van der Waals surface area contributed by atoms with Gasteiger partial charge < -0.3 is 0 Å². The normalized spacial score (nSPS) is 16.9. The number of hydrogen-bond acceptors (Lipinski definition) is 2. The molecule has 1 heterocycles. The number of rotatable bonds is 5. The van der Waals surface area contributed by atoms with Gasteiger partial charge in [-0.25, -0.2) is 0 Å². The van der Waals surface area contributed by atoms with Gasteiger partial charge in [-0.05, 0) is 44.2 Å². The molecule has 0 amide bonds. The Morgan fingerprint density at radius 2 is 2.41 bits per heavy atom. The Morgan fingerprint density at radius 3 is 3.06 bits per heavy atom. The summed E-state index contributed by atoms with van der Waals surface area (Å²) in [4.78, 5) is 11.9. The first-order valence-electron chi connectivity index (χ1n) is 6.47. The first kappa shape index (κ1) is 12.1. The van der Waals surface area contributed by atoms with Crippen LogP contribution in [0.1, 0.15) is 51.3 Å². The predicted molar refractivity (Wildman–Crippen MR) is 67.9 cm³/mol. The Hall–Kier alpha value is -1.38. The smallest absolute Gasteiger partial charge is 0.164 e. The summed E-state index contributed by atoms with van der Waals surface area (Å²) in [5, 5.41) is 4.46. The fourth-order valence-corrected chi connectivity index (χ4v) is 2.11. The summed E-state index contributed by atoms with van der Waals surface area (Å²) in [5.41, 5.74) is 1.89. The largest absolute Gasteiger partial charge is 0.294 e. The van der Waals surface area contributed by atoms with E-state index in [0.29, 0.717) is 12.5 Å². The maximum absolute atomic E-state index is 11.9. The summed E-state index contributed by atoms with van der Waals surface area (Å²) < 4.78 is 1.95. The topological polar surface area (TPSA) is 34.9 Å². The van der Waals surface area contributed by atoms with E-state index in [1.165, 1.54) is 0 Å². The third-order valence-electron chi connectivity index (χ3n) is 3.45. The minimum Gasteiger partial charge on any atom is -0.294 e. The van der Waals surface area contributed by atoms with Crippen LogP contribution < -0.4 is 0 Å². The maximum Gasteiger partial charge on any atom is 0.164 e. The summed E-state index contributed by atoms with van der Waals surface area (Å²) in [6.07, 6.45) is 8.69. The fourth-order valence-electron chi connectivity index (χ4n) is 2.11. The quantitative estimate of drug-likeness (QED) is 0.782. The van der Waals surface area contributed by atoms with Gasteiger partial charge >= 0.3 is 0 Å². The van der Waals surface area contributed by atoms with Gasteiger partial charge in [0, 0.05) is 12.2 Å². The molecule has 92 valence electrons. The van der Waals surface area contributed by atoms with E-state index in [2.05, 4.69) is 25.0 Å². The van der Waals surface area contributed by atoms with Gasteiger partial charge in [-0.15, -0.1) is 0 Å². The zero-order valence-electron chi connectivity index (χ0n) is 10.6. The molecular formula is C14H20N2O. The lowest BCUT2D eigenvalue weighted by Gasteiger charge is -2.08. The van der Waals surface area contributed by atoms with Crippen molar-refractivity contribution >= 4 is 5.78 Å². The molecule has 0 saturated carbocycles. The van der Waals surface area contributed by atoms with E-state index in [1.807, 2.05) is 16.9 Å². The first-order valence-corrected chi connectivity index (χ1v) is 6.47. The molecule has 0 aromatic carbocycles. The van der Waals surface area contributed by atoms with Crippen LogP contribution >= 0.6 is 0 Å². The molecule has 3 heteroatoms. The summed E-state index contributed by atoms with van der Waals surface area (Å²) >= 11 is 0. The highest BCUT2D eigenvalue weighted by atomic mass is 16.1. The number of Topliss-reactive ketones (excluding diaryl/α,β-unsaturated/α-hetero) is 1. The summed E-state index contributed by atoms with van der Waals surface area (Å²) in [7, 11) is 0. The molecule has 0 radical (unpaired) electrons. The Bertz CT molecular complexity index is 431. The standard InChI is InChI=1S/C14H20N2O/c1-3-11(2)16-9-8-13(15-16)10-14(17)12-6-4-5-7-12/h6,8-9,11H,3-5,7,10H2,1-2H3. The fraction of sp³-hybridized carbons (Fsp3) is 0.571. The van der Waals surface area contributed by atoms with Crippen molar-refractivity contribution in [1.29, 1.82) is 0 Å². The van der Waals surface area contributed by atoms with Crippen LogP contribution in [0.25, 0.3) is 0 Å². The molecule has 1 aliphatic carbocycles. The van der Waals surface area contributed by atoms with Crippen LogP contribution in [-0.2, 0) is 11.2 Å². The van der Waals surface area contributed by atoms with Gasteiger partial charge in [0.25, 0.3) is 0 Å². The molecule has 1 aromatic heterocycles. The van der Waals surface area contributed by atoms with Crippen LogP contribution in [0, 0.1) is 0 Å². The molecule has 17 heavy (non-hydrogen) atoms. The third-order valence-corrected chi connectivity index (χ3v) is 3.45. The average molecular weight is 232 g/mol. The van der Waals surface area contributed by atoms with Crippen molar-refractivity contribution in [2.45, 2.75) is 52.0 Å². The Kier molecular flexibility index (Phi) is 3.77. The second-order valence-corrected chi connectivity index (χ2v) is 4.77. The van der Waals surface area contributed by atoms with Gasteiger partial charge in [-0.3, -0.25) is 9.48 Å². The number of ketones is 1. The second-order valence-electron chi connectivity index (χ2n) is 4.77. The van der Waals surface area contributed by atoms with Crippen LogP contribution in [0.3, 0.4) is 0 Å². The molecular weight excluding hydrogens is 212 g/mol. The molecule has 1 atom stereocenters. The molecule has 0 N–H and O–H groups in total. The van der Waals surface area contributed by atoms with Crippen LogP contribution in [-0.4, -0.2) is 15.6 Å². The van der Waals surface area contributed by atoms with E-state index in [4.69, 9.17) is 0 Å². The van der Waals surface area contributed by atoms with Gasteiger partial charge in [-0.2, -0.15) is 5.10 Å². The average Bonchev–Trinajstić information content (AvgIpc) is 2.98. The van der Waals surface area contributed by atoms with Crippen molar-refractivity contribution in [3.05, 3.63) is 29.6 Å². The van der Waals surface area contributed by atoms with Gasteiger partial charge in [0.15, 0.2) is 5.78 Å². The van der Waals surface area contributed by atoms with E-state index in [0.717, 1.165) is 37.0 Å². The summed E-state index contributed by atoms with van der Waals surface area (Å²) in [6, 6.07) is 2.36. The molecule has 1 unspecified atom stereocenters. The van der Waals surface area contributed by atoms with Crippen LogP contribution in [0.2, 0.25) is 0 Å². The molecule has 0 saturated heterocycles. The predicted octanol–water partition coefficient (Wildman–Crippen LogP) is 3.08. The Labute approximate surface area is 103 Å². The van der Waals surface area contributed by atoms with Gasteiger partial charge in [0.05, 0.1) is 12.1 Å². The molecule has 0 fully saturated rings. The Morgan fingerprint density at radius 1 is 1.59 bits per heavy atom. The van der Waals surface area contributed by atoms with E-state index >= 15 is 0 Å². The number of carbonyl (C=O) groups is 1. The monoisotopic (exact) mass is 232 g/mol. The van der Waals surface area contributed by atoms with E-state index in [1.54, 1.807) is 0 Å². The lowest BCUT2D eigenvalue weighted by atomic mass is 10.1. The number of allylic oxidation sites excluding steroid dienone is 2. The molecule has 2 rings (SSSR count). The molecule has 0 spiro atoms. The van der Waals surface area contributed by atoms with Crippen molar-refractivity contribution in [3.63, 3.8) is 0 Å². The Balaban J connectivity index is 1.99. The van der Waals surface area contributed by atoms with E-state index in [-0.39, 0.29) is 5.78 Å². The molecule has 3 nitrogen and oxygen atoms in total. The molecule has 1 aliphatic rings. The highest BCUT2D eigenvalue weighted by molar-refractivity contribution is 5.96. The van der Waals surface area contributed by atoms with Gasteiger partial charge in [-0.1, -0.05) is 13.0 Å². The number of hydrogen-bond donors (Lipinski definition) is 0. The number of nitrogens with zero attached hydrogens (tertiary/aromatic N) is 2. The van der Waals surface area contributed by atoms with Gasteiger partial charge in [0.1, 0.15) is 0 Å². The third kappa shape index (κ3) is 2.84. The molecule has 0 aliphatic heterocycles. The van der Waals surface area contributed by atoms with Gasteiger partial charge in [0.2, 0.25) is 0 Å². The van der Waals surface area contributed by atoms with Crippen molar-refractivity contribution in [3.8, 4) is 0 Å². The van der Waals surface area contributed by atoms with E-state index in [9.17, 15) is 4.79 Å². The zero-order chi connectivity index (χ0) is 12.3. The van der Waals surface area contributed by atoms with Crippen molar-refractivity contribution < 1.29 is 4.79 Å². The SMILES string of the molecule is CCC(C)n1ccc(CC(=O)C2=CCCC2)n1. The molecule has 0 bridgehead atoms. The van der Waals surface area contributed by atoms with E-state index < -0.39 is 0 Å². The minimum atomic E-state index is 0.247. The highest BCUT2D eigenvalue weighted by Crippen LogP contribution is 2.20. The summed E-state index contributed by atoms with van der Waals surface area (Å²) in [6.45, 7) is 4.28. The first-order chi connectivity index (χ1) is 8.20. The molecule has 1 aromatic rings. The highest BCUT2D eigenvalue weighted by Gasteiger charge is 2.15. The van der Waals surface area contributed by atoms with Crippen molar-refractivity contribution in [2.24, 2.45) is 0 Å². The summed E-state index contributed by atoms with van der Waals surface area (Å²) in [5.74, 6) is 0.247. The van der Waals surface area contributed by atoms with Crippen LogP contribution in [0.15, 0.2) is 23.9 Å². The number of carbonyl (C=O) groups excluding carboxylic acids is 1. The lowest BCUT2D eigenvalue weighted by Crippen LogP contribution is -2.08. The number of aromatic nitrogens is 2. The second kappa shape index (κ2) is 5.30. The van der Waals surface area contributed by atoms with Crippen LogP contribution in [0.5, 0.6) is 0 Å². The van der Waals surface area contributed by atoms with Crippen molar-refractivity contribution in [1.82, 2.24) is 9.78 Å². The lowest BCUT2D eigenvalue weighted by molar-refractivity contribution is -0.115. The minimum absolute atomic E-state index is 0.247. The van der Waals surface area contributed by atoms with Crippen molar-refractivity contribution in [2.75, 3.05) is 0 Å².